The van der Waals surface area contributed by atoms with Crippen LogP contribution in [0.4, 0.5) is 4.39 Å². The maximum atomic E-state index is 15.9. The Kier molecular flexibility index (Phi) is 8.35. The zero-order valence-corrected chi connectivity index (χ0v) is 22.3. The van der Waals surface area contributed by atoms with Crippen molar-refractivity contribution in [2.45, 2.75) is 65.3 Å². The topological polar surface area (TPSA) is 131 Å². The first-order chi connectivity index (χ1) is 16.8. The van der Waals surface area contributed by atoms with E-state index in [9.17, 15) is 9.36 Å². The summed E-state index contributed by atoms with van der Waals surface area (Å²) in [4.78, 5) is 28.3. The van der Waals surface area contributed by atoms with E-state index in [1.165, 1.54) is 31.6 Å². The van der Waals surface area contributed by atoms with Crippen LogP contribution in [0.15, 0.2) is 6.33 Å². The fourth-order valence-electron chi connectivity index (χ4n) is 4.00. The second-order valence-electron chi connectivity index (χ2n) is 9.32. The minimum atomic E-state index is -3.52. The quantitative estimate of drug-likeness (QED) is 0.280. The van der Waals surface area contributed by atoms with Gasteiger partial charge in [-0.2, -0.15) is 4.98 Å². The van der Waals surface area contributed by atoms with Crippen molar-refractivity contribution in [1.29, 1.82) is 0 Å². The fraction of sp³-hybridized carbons (Fsp3) is 0.682. The van der Waals surface area contributed by atoms with E-state index >= 15 is 4.39 Å². The van der Waals surface area contributed by atoms with Gasteiger partial charge in [0, 0.05) is 6.66 Å². The van der Waals surface area contributed by atoms with Crippen molar-refractivity contribution in [3.05, 3.63) is 23.6 Å². The van der Waals surface area contributed by atoms with E-state index in [0.29, 0.717) is 17.0 Å². The molecule has 36 heavy (non-hydrogen) atoms. The number of methoxy groups -OCH3 is 1. The number of aryl methyl sites for hydroxylation is 1. The summed E-state index contributed by atoms with van der Waals surface area (Å²) >= 11 is 0. The number of halogens is 1. The van der Waals surface area contributed by atoms with Crippen molar-refractivity contribution < 1.29 is 32.5 Å². The van der Waals surface area contributed by atoms with Gasteiger partial charge in [-0.1, -0.05) is 0 Å². The van der Waals surface area contributed by atoms with Crippen LogP contribution >= 0.6 is 7.52 Å². The number of imidazole rings is 1. The van der Waals surface area contributed by atoms with Crippen LogP contribution in [0.5, 0.6) is 5.88 Å². The van der Waals surface area contributed by atoms with Crippen molar-refractivity contribution >= 4 is 24.7 Å². The van der Waals surface area contributed by atoms with Crippen molar-refractivity contribution in [2.24, 2.45) is 5.41 Å². The molecule has 14 heteroatoms. The van der Waals surface area contributed by atoms with Crippen LogP contribution in [0.1, 0.15) is 39.7 Å². The Bertz CT molecular complexity index is 1200. The van der Waals surface area contributed by atoms with E-state index < -0.39 is 43.4 Å². The third-order valence-corrected chi connectivity index (χ3v) is 7.41. The summed E-state index contributed by atoms with van der Waals surface area (Å²) in [5.41, 5.74) is -0.619. The lowest BCUT2D eigenvalue weighted by Crippen LogP contribution is -2.41. The summed E-state index contributed by atoms with van der Waals surface area (Å²) in [5, 5.41) is 2.64. The Morgan fingerprint density at radius 1 is 1.42 bits per heavy atom. The number of hydrogen-bond donors (Lipinski definition) is 1. The lowest BCUT2D eigenvalue weighted by molar-refractivity contribution is -0.149. The van der Waals surface area contributed by atoms with Crippen molar-refractivity contribution in [2.75, 3.05) is 26.9 Å². The van der Waals surface area contributed by atoms with E-state index in [1.54, 1.807) is 27.7 Å². The number of fused-ring (bicyclic) bond motifs is 1. The number of carbonyl (C=O) groups excluding carboxylic acids is 1. The number of ether oxygens (including phenoxy) is 3. The Morgan fingerprint density at radius 3 is 2.72 bits per heavy atom. The summed E-state index contributed by atoms with van der Waals surface area (Å²) in [6.45, 7) is 16.4. The van der Waals surface area contributed by atoms with Crippen LogP contribution < -0.4 is 9.82 Å². The molecule has 2 unspecified atom stereocenters. The number of aromatic nitrogens is 4. The molecule has 3 heterocycles. The molecule has 0 aliphatic carbocycles. The van der Waals surface area contributed by atoms with Crippen molar-refractivity contribution in [3.63, 3.8) is 0 Å². The first-order valence-electron chi connectivity index (χ1n) is 11.4. The Hall–Kier alpha value is -2.65. The first-order valence-corrected chi connectivity index (χ1v) is 13.5. The van der Waals surface area contributed by atoms with E-state index in [-0.39, 0.29) is 25.1 Å². The van der Waals surface area contributed by atoms with Gasteiger partial charge in [-0.3, -0.25) is 13.9 Å². The first kappa shape index (κ1) is 27.9. The van der Waals surface area contributed by atoms with Gasteiger partial charge in [-0.25, -0.2) is 26.0 Å². The van der Waals surface area contributed by atoms with E-state index in [0.717, 1.165) is 0 Å². The zero-order chi connectivity index (χ0) is 26.8. The maximum Gasteiger partial charge on any atom is 0.323 e. The summed E-state index contributed by atoms with van der Waals surface area (Å²) in [6.07, 6.45) is -2.68. The van der Waals surface area contributed by atoms with Gasteiger partial charge in [-0.15, -0.1) is 0 Å². The van der Waals surface area contributed by atoms with E-state index in [4.69, 9.17) is 25.3 Å². The lowest BCUT2D eigenvalue weighted by Gasteiger charge is -2.27. The Balaban J connectivity index is 1.82. The number of esters is 1. The monoisotopic (exact) mass is 526 g/mol. The molecule has 1 N–H and O–H groups in total. The molecule has 198 valence electrons. The van der Waals surface area contributed by atoms with Gasteiger partial charge in [0.25, 0.3) is 7.52 Å². The number of carbonyl (C=O) groups is 1. The number of nitrogens with zero attached hydrogens (tertiary/aromatic N) is 5. The van der Waals surface area contributed by atoms with Crippen molar-refractivity contribution in [1.82, 2.24) is 24.6 Å². The Morgan fingerprint density at radius 2 is 2.11 bits per heavy atom. The molecular formula is C22H32FN6O6P. The molecule has 0 spiro atoms. The molecule has 1 fully saturated rings. The minimum Gasteiger partial charge on any atom is -0.479 e. The van der Waals surface area contributed by atoms with Crippen LogP contribution in [-0.2, 0) is 23.4 Å². The molecule has 1 aliphatic rings. The molecule has 0 aromatic carbocycles. The van der Waals surface area contributed by atoms with Crippen molar-refractivity contribution in [3.8, 4) is 5.88 Å². The molecule has 0 amide bonds. The van der Waals surface area contributed by atoms with Gasteiger partial charge in [0.05, 0.1) is 32.3 Å². The molecule has 0 saturated carbocycles. The summed E-state index contributed by atoms with van der Waals surface area (Å²) in [7, 11) is -2.07. The molecule has 3 rings (SSSR count). The number of alkyl halides is 1. The second-order valence-corrected chi connectivity index (χ2v) is 11.5. The van der Waals surface area contributed by atoms with Gasteiger partial charge < -0.3 is 23.6 Å². The Labute approximate surface area is 209 Å². The average Bonchev–Trinajstić information content (AvgIpc) is 3.30. The van der Waals surface area contributed by atoms with Gasteiger partial charge in [0.15, 0.2) is 23.6 Å². The van der Waals surface area contributed by atoms with Crippen LogP contribution in [0.2, 0.25) is 0 Å². The second kappa shape index (κ2) is 10.8. The van der Waals surface area contributed by atoms with E-state index in [1.807, 2.05) is 0 Å². The van der Waals surface area contributed by atoms with Gasteiger partial charge >= 0.3 is 5.97 Å². The third-order valence-electron chi connectivity index (χ3n) is 5.91. The smallest absolute Gasteiger partial charge is 0.323 e. The highest BCUT2D eigenvalue weighted by Gasteiger charge is 2.58. The number of rotatable bonds is 10. The van der Waals surface area contributed by atoms with Crippen LogP contribution in [0.25, 0.3) is 16.0 Å². The molecule has 1 aliphatic heterocycles. The standard InChI is InChI=1S/C22H32FN6O6P/c1-12(2)34-21(30)13(3)28-36(8,31)33-9-15-22(5,10-24-6)17(23)20(35-15)29-11-25-16-18(29)26-14(4)27-19(16)32-7/h11-13,15,17,20H,9-10H2,1-5,7-8H3,(H,28,31)/t13-,15+,17-,20+,22?,36?/m0/s1. The van der Waals surface area contributed by atoms with E-state index in [2.05, 4.69) is 24.9 Å². The molecule has 0 bridgehead atoms. The summed E-state index contributed by atoms with van der Waals surface area (Å²) in [6, 6.07) is -0.890. The lowest BCUT2D eigenvalue weighted by atomic mass is 9.81. The molecule has 0 radical (unpaired) electrons. The normalized spacial score (nSPS) is 26.5. The fourth-order valence-corrected chi connectivity index (χ4v) is 5.30. The van der Waals surface area contributed by atoms with Crippen LogP contribution in [0.3, 0.4) is 0 Å². The highest BCUT2D eigenvalue weighted by molar-refractivity contribution is 7.56. The summed E-state index contributed by atoms with van der Waals surface area (Å²) in [5.74, 6) is 0.0761. The van der Waals surface area contributed by atoms with Crippen LogP contribution in [-0.4, -0.2) is 76.8 Å². The number of nitrogens with one attached hydrogen (secondary N) is 1. The SMILES string of the molecule is [C-]#[N+]CC1(C)[C@@H](COP(C)(=O)N[C@@H](C)C(=O)OC(C)C)O[C@@H](n2cnc3c(OC)nc(C)nc32)[C@@H]1F. The number of hydrogen-bond acceptors (Lipinski definition) is 9. The van der Waals surface area contributed by atoms with Gasteiger partial charge in [-0.05, 0) is 34.6 Å². The predicted octanol–water partition coefficient (Wildman–Crippen LogP) is 3.07. The predicted molar refractivity (Wildman–Crippen MR) is 128 cm³/mol. The minimum absolute atomic E-state index is 0.193. The molecule has 2 aromatic rings. The molecule has 1 saturated heterocycles. The third kappa shape index (κ3) is 5.67. The maximum absolute atomic E-state index is 15.9. The molecule has 12 nitrogen and oxygen atoms in total. The van der Waals surface area contributed by atoms with Gasteiger partial charge in [0.1, 0.15) is 17.3 Å². The molecule has 2 aromatic heterocycles. The largest absolute Gasteiger partial charge is 0.479 e. The highest BCUT2D eigenvalue weighted by Crippen LogP contribution is 2.49. The molecular weight excluding hydrogens is 494 g/mol. The summed E-state index contributed by atoms with van der Waals surface area (Å²) < 4.78 is 52.4. The average molecular weight is 527 g/mol. The molecule has 6 atom stereocenters. The van der Waals surface area contributed by atoms with Gasteiger partial charge in [0.2, 0.25) is 12.4 Å². The van der Waals surface area contributed by atoms with Crippen LogP contribution in [0, 0.1) is 18.9 Å². The highest BCUT2D eigenvalue weighted by atomic mass is 31.2. The zero-order valence-electron chi connectivity index (χ0n) is 21.4.